The highest BCUT2D eigenvalue weighted by molar-refractivity contribution is 5.87. The number of hydrogen-bond acceptors (Lipinski definition) is 5. The van der Waals surface area contributed by atoms with E-state index in [2.05, 4.69) is 16.7 Å². The van der Waals surface area contributed by atoms with Gasteiger partial charge in [0.25, 0.3) is 0 Å². The van der Waals surface area contributed by atoms with Gasteiger partial charge in [-0.05, 0) is 30.7 Å². The van der Waals surface area contributed by atoms with Crippen LogP contribution in [0, 0.1) is 0 Å². The van der Waals surface area contributed by atoms with Crippen molar-refractivity contribution in [3.05, 3.63) is 42.2 Å². The molecule has 0 spiro atoms. The Labute approximate surface area is 133 Å². The lowest BCUT2D eigenvalue weighted by atomic mass is 10.1. The number of esters is 1. The van der Waals surface area contributed by atoms with E-state index in [4.69, 9.17) is 9.47 Å². The maximum atomic E-state index is 12.9. The Bertz CT molecular complexity index is 690. The van der Waals surface area contributed by atoms with Crippen LogP contribution in [0.3, 0.4) is 0 Å². The van der Waals surface area contributed by atoms with Crippen LogP contribution in [0.5, 0.6) is 5.75 Å². The molecule has 7 heteroatoms. The molecule has 0 radical (unpaired) electrons. The van der Waals surface area contributed by atoms with Crippen molar-refractivity contribution >= 4 is 5.97 Å². The minimum Gasteiger partial charge on any atom is -0.497 e. The van der Waals surface area contributed by atoms with Gasteiger partial charge < -0.3 is 9.47 Å². The Morgan fingerprint density at radius 2 is 2.17 bits per heavy atom. The Morgan fingerprint density at radius 1 is 1.39 bits per heavy atom. The van der Waals surface area contributed by atoms with E-state index >= 15 is 0 Å². The zero-order valence-corrected chi connectivity index (χ0v) is 13.1. The van der Waals surface area contributed by atoms with Crippen LogP contribution in [-0.2, 0) is 22.8 Å². The summed E-state index contributed by atoms with van der Waals surface area (Å²) >= 11 is 0. The first-order chi connectivity index (χ1) is 11.1. The first-order valence-corrected chi connectivity index (χ1v) is 7.06. The van der Waals surface area contributed by atoms with E-state index in [0.29, 0.717) is 22.7 Å². The largest absolute Gasteiger partial charge is 0.497 e. The summed E-state index contributed by atoms with van der Waals surface area (Å²) in [6.07, 6.45) is 1.48. The molecule has 0 bridgehead atoms. The number of halogens is 1. The van der Waals surface area contributed by atoms with E-state index in [-0.39, 0.29) is 18.7 Å². The smallest absolute Gasteiger partial charge is 0.335 e. The Hall–Kier alpha value is -2.70. The van der Waals surface area contributed by atoms with Gasteiger partial charge in [-0.3, -0.25) is 0 Å². The third kappa shape index (κ3) is 4.15. The molecule has 0 N–H and O–H groups in total. The summed E-state index contributed by atoms with van der Waals surface area (Å²) in [5, 5.41) is 4.27. The van der Waals surface area contributed by atoms with Crippen molar-refractivity contribution in [2.45, 2.75) is 20.1 Å². The first kappa shape index (κ1) is 16.7. The van der Waals surface area contributed by atoms with Gasteiger partial charge >= 0.3 is 5.97 Å². The van der Waals surface area contributed by atoms with Gasteiger partial charge in [-0.1, -0.05) is 6.58 Å². The molecule has 0 saturated heterocycles. The topological polar surface area (TPSA) is 66.2 Å². The molecule has 2 rings (SSSR count). The van der Waals surface area contributed by atoms with Crippen LogP contribution in [0.2, 0.25) is 0 Å². The van der Waals surface area contributed by atoms with Crippen LogP contribution < -0.4 is 4.74 Å². The van der Waals surface area contributed by atoms with Crippen LogP contribution in [0.15, 0.2) is 36.7 Å². The molecule has 2 aromatic rings. The number of alkyl halides is 1. The summed E-state index contributed by atoms with van der Waals surface area (Å²) in [5.74, 6) is 0.475. The van der Waals surface area contributed by atoms with E-state index in [0.717, 1.165) is 0 Å². The molecule has 1 heterocycles. The Kier molecular flexibility index (Phi) is 5.46. The second kappa shape index (κ2) is 7.53. The second-order valence-electron chi connectivity index (χ2n) is 4.79. The van der Waals surface area contributed by atoms with E-state index in [9.17, 15) is 9.18 Å². The van der Waals surface area contributed by atoms with Gasteiger partial charge in [0.2, 0.25) is 0 Å². The number of rotatable bonds is 7. The van der Waals surface area contributed by atoms with Gasteiger partial charge in [-0.15, -0.1) is 0 Å². The van der Waals surface area contributed by atoms with Crippen molar-refractivity contribution in [1.82, 2.24) is 14.8 Å². The van der Waals surface area contributed by atoms with Crippen molar-refractivity contribution in [3.63, 3.8) is 0 Å². The van der Waals surface area contributed by atoms with E-state index in [1.165, 1.54) is 18.1 Å². The zero-order valence-electron chi connectivity index (χ0n) is 13.1. The van der Waals surface area contributed by atoms with Gasteiger partial charge in [-0.2, -0.15) is 5.10 Å². The zero-order chi connectivity index (χ0) is 16.8. The number of ether oxygens (including phenoxy) is 2. The Balaban J connectivity index is 2.19. The average Bonchev–Trinajstić information content (AvgIpc) is 3.03. The maximum Gasteiger partial charge on any atom is 0.335 e. The number of nitrogens with zero attached hydrogens (tertiary/aromatic N) is 3. The third-order valence-corrected chi connectivity index (χ3v) is 3.07. The SMILES string of the molecule is C=C(Cn1cnc(-c2cc(CF)cc(OC)c2)n1)C(=O)OCC. The molecule has 0 amide bonds. The predicted octanol–water partition coefficient (Wildman–Crippen LogP) is 2.54. The number of aromatic nitrogens is 3. The molecule has 0 unspecified atom stereocenters. The monoisotopic (exact) mass is 319 g/mol. The van der Waals surface area contributed by atoms with Crippen molar-refractivity contribution in [2.24, 2.45) is 0 Å². The highest BCUT2D eigenvalue weighted by Crippen LogP contribution is 2.24. The van der Waals surface area contributed by atoms with Crippen LogP contribution >= 0.6 is 0 Å². The highest BCUT2D eigenvalue weighted by Gasteiger charge is 2.12. The molecule has 0 aliphatic heterocycles. The van der Waals surface area contributed by atoms with Gasteiger partial charge in [0.1, 0.15) is 18.8 Å². The lowest BCUT2D eigenvalue weighted by molar-refractivity contribution is -0.138. The lowest BCUT2D eigenvalue weighted by Gasteiger charge is -2.05. The molecule has 0 aliphatic carbocycles. The summed E-state index contributed by atoms with van der Waals surface area (Å²) in [6, 6.07) is 4.99. The lowest BCUT2D eigenvalue weighted by Crippen LogP contribution is -2.12. The summed E-state index contributed by atoms with van der Waals surface area (Å²) in [7, 11) is 1.51. The molecule has 0 aliphatic rings. The van der Waals surface area contributed by atoms with E-state index in [1.807, 2.05) is 0 Å². The van der Waals surface area contributed by atoms with Crippen molar-refractivity contribution in [2.75, 3.05) is 13.7 Å². The van der Waals surface area contributed by atoms with E-state index in [1.54, 1.807) is 25.1 Å². The standard InChI is InChI=1S/C16H18FN3O3/c1-4-23-16(21)11(2)9-20-10-18-15(19-20)13-5-12(8-17)6-14(7-13)22-3/h5-7,10H,2,4,8-9H2,1,3H3. The number of methoxy groups -OCH3 is 1. The molecule has 122 valence electrons. The van der Waals surface area contributed by atoms with Gasteiger partial charge in [-0.25, -0.2) is 18.9 Å². The van der Waals surface area contributed by atoms with Crippen LogP contribution in [0.4, 0.5) is 4.39 Å². The van der Waals surface area contributed by atoms with Gasteiger partial charge in [0, 0.05) is 5.56 Å². The number of hydrogen-bond donors (Lipinski definition) is 0. The van der Waals surface area contributed by atoms with Crippen molar-refractivity contribution in [1.29, 1.82) is 0 Å². The molecule has 0 saturated carbocycles. The number of carbonyl (C=O) groups excluding carboxylic acids is 1. The van der Waals surface area contributed by atoms with Crippen molar-refractivity contribution in [3.8, 4) is 17.1 Å². The minimum absolute atomic E-state index is 0.172. The maximum absolute atomic E-state index is 12.9. The van der Waals surface area contributed by atoms with Crippen LogP contribution in [0.25, 0.3) is 11.4 Å². The summed E-state index contributed by atoms with van der Waals surface area (Å²) in [4.78, 5) is 15.7. The Morgan fingerprint density at radius 3 is 2.83 bits per heavy atom. The molecular weight excluding hydrogens is 301 g/mol. The normalized spacial score (nSPS) is 10.4. The van der Waals surface area contributed by atoms with E-state index < -0.39 is 12.6 Å². The first-order valence-electron chi connectivity index (χ1n) is 7.06. The molecule has 1 aromatic heterocycles. The molecule has 0 atom stereocenters. The van der Waals surface area contributed by atoms with Crippen LogP contribution in [0.1, 0.15) is 12.5 Å². The fourth-order valence-electron chi connectivity index (χ4n) is 1.98. The van der Waals surface area contributed by atoms with Crippen molar-refractivity contribution < 1.29 is 18.7 Å². The summed E-state index contributed by atoms with van der Waals surface area (Å²) in [6.45, 7) is 5.25. The predicted molar refractivity (Wildman–Crippen MR) is 82.6 cm³/mol. The highest BCUT2D eigenvalue weighted by atomic mass is 19.1. The van der Waals surface area contributed by atoms with Crippen LogP contribution in [-0.4, -0.2) is 34.5 Å². The summed E-state index contributed by atoms with van der Waals surface area (Å²) < 4.78 is 24.4. The molecule has 23 heavy (non-hydrogen) atoms. The van der Waals surface area contributed by atoms with Gasteiger partial charge in [0.05, 0.1) is 25.8 Å². The molecule has 1 aromatic carbocycles. The molecular formula is C16H18FN3O3. The molecule has 6 nitrogen and oxygen atoms in total. The summed E-state index contributed by atoms with van der Waals surface area (Å²) in [5.41, 5.74) is 1.39. The quantitative estimate of drug-likeness (QED) is 0.579. The number of benzene rings is 1. The number of carbonyl (C=O) groups is 1. The minimum atomic E-state index is -0.607. The molecule has 0 fully saturated rings. The average molecular weight is 319 g/mol. The third-order valence-electron chi connectivity index (χ3n) is 3.07. The fourth-order valence-corrected chi connectivity index (χ4v) is 1.98. The fraction of sp³-hybridized carbons (Fsp3) is 0.312. The van der Waals surface area contributed by atoms with Gasteiger partial charge in [0.15, 0.2) is 5.82 Å². The second-order valence-corrected chi connectivity index (χ2v) is 4.79.